The van der Waals surface area contributed by atoms with E-state index in [9.17, 15) is 0 Å². The van der Waals surface area contributed by atoms with E-state index in [2.05, 4.69) is 75.2 Å². The Balaban J connectivity index is 2.36. The number of aryl methyl sites for hydroxylation is 3. The van der Waals surface area contributed by atoms with E-state index in [1.807, 2.05) is 0 Å². The zero-order valence-electron chi connectivity index (χ0n) is 12.9. The second-order valence-electron chi connectivity index (χ2n) is 5.57. The summed E-state index contributed by atoms with van der Waals surface area (Å²) < 4.78 is 0. The summed E-state index contributed by atoms with van der Waals surface area (Å²) in [5, 5.41) is 0. The normalized spacial score (nSPS) is 12.2. The minimum atomic E-state index is 0.205. The van der Waals surface area contributed by atoms with Gasteiger partial charge in [-0.25, -0.2) is 0 Å². The van der Waals surface area contributed by atoms with Crippen molar-refractivity contribution in [1.82, 2.24) is 0 Å². The zero-order valence-corrected chi connectivity index (χ0v) is 12.9. The summed E-state index contributed by atoms with van der Waals surface area (Å²) in [5.41, 5.74) is 12.4. The molecule has 106 valence electrons. The summed E-state index contributed by atoms with van der Waals surface area (Å²) in [4.78, 5) is 2.28. The van der Waals surface area contributed by atoms with Gasteiger partial charge in [-0.1, -0.05) is 47.5 Å². The van der Waals surface area contributed by atoms with Gasteiger partial charge in [-0.2, -0.15) is 0 Å². The first-order chi connectivity index (χ1) is 9.52. The molecule has 0 aliphatic rings. The van der Waals surface area contributed by atoms with Gasteiger partial charge in [-0.3, -0.25) is 0 Å². The summed E-state index contributed by atoms with van der Waals surface area (Å²) in [6.45, 7) is 7.00. The molecule has 0 saturated heterocycles. The standard InChI is InChI=1S/C18H24N2/c1-13-6-5-7-16(11-13)18(12-19)20(4)17-9-8-14(2)10-15(17)3/h5-11,18H,12,19H2,1-4H3. The smallest absolute Gasteiger partial charge is 0.0661 e. The molecule has 0 fully saturated rings. The van der Waals surface area contributed by atoms with Gasteiger partial charge in [0.05, 0.1) is 6.04 Å². The number of rotatable bonds is 4. The lowest BCUT2D eigenvalue weighted by atomic mass is 10.0. The largest absolute Gasteiger partial charge is 0.366 e. The highest BCUT2D eigenvalue weighted by Crippen LogP contribution is 2.28. The molecule has 0 aliphatic carbocycles. The summed E-state index contributed by atoms with van der Waals surface area (Å²) in [5.74, 6) is 0. The quantitative estimate of drug-likeness (QED) is 0.915. The van der Waals surface area contributed by atoms with Crippen LogP contribution in [-0.4, -0.2) is 13.6 Å². The zero-order chi connectivity index (χ0) is 14.7. The number of hydrogen-bond donors (Lipinski definition) is 1. The summed E-state index contributed by atoms with van der Waals surface area (Å²) in [6, 6.07) is 15.4. The first-order valence-corrected chi connectivity index (χ1v) is 7.09. The van der Waals surface area contributed by atoms with Gasteiger partial charge in [0.25, 0.3) is 0 Å². The number of benzene rings is 2. The van der Waals surface area contributed by atoms with Crippen molar-refractivity contribution in [2.24, 2.45) is 5.73 Å². The molecule has 0 bridgehead atoms. The van der Waals surface area contributed by atoms with Crippen LogP contribution < -0.4 is 10.6 Å². The van der Waals surface area contributed by atoms with Crippen molar-refractivity contribution >= 4 is 5.69 Å². The third-order valence-electron chi connectivity index (χ3n) is 3.85. The Kier molecular flexibility index (Phi) is 4.46. The average molecular weight is 268 g/mol. The van der Waals surface area contributed by atoms with Crippen LogP contribution in [-0.2, 0) is 0 Å². The highest BCUT2D eigenvalue weighted by molar-refractivity contribution is 5.55. The number of nitrogens with two attached hydrogens (primary N) is 1. The molecular weight excluding hydrogens is 244 g/mol. The maximum atomic E-state index is 6.03. The van der Waals surface area contributed by atoms with Crippen molar-refractivity contribution in [2.75, 3.05) is 18.5 Å². The van der Waals surface area contributed by atoms with Crippen molar-refractivity contribution in [3.63, 3.8) is 0 Å². The van der Waals surface area contributed by atoms with Gasteiger partial charge in [0, 0.05) is 19.3 Å². The molecule has 2 aromatic carbocycles. The Labute approximate surface area is 122 Å². The molecule has 0 saturated carbocycles. The molecule has 20 heavy (non-hydrogen) atoms. The number of nitrogens with zero attached hydrogens (tertiary/aromatic N) is 1. The monoisotopic (exact) mass is 268 g/mol. The van der Waals surface area contributed by atoms with Crippen LogP contribution in [0.5, 0.6) is 0 Å². The Morgan fingerprint density at radius 3 is 2.30 bits per heavy atom. The first kappa shape index (κ1) is 14.6. The van der Waals surface area contributed by atoms with E-state index < -0.39 is 0 Å². The van der Waals surface area contributed by atoms with Gasteiger partial charge in [0.15, 0.2) is 0 Å². The fraction of sp³-hybridized carbons (Fsp3) is 0.333. The molecule has 0 aliphatic heterocycles. The van der Waals surface area contributed by atoms with Gasteiger partial charge < -0.3 is 10.6 Å². The number of hydrogen-bond acceptors (Lipinski definition) is 2. The Hall–Kier alpha value is -1.80. The van der Waals surface area contributed by atoms with E-state index in [1.54, 1.807) is 0 Å². The molecule has 1 unspecified atom stereocenters. The lowest BCUT2D eigenvalue weighted by Gasteiger charge is -2.31. The SMILES string of the molecule is Cc1cccc(C(CN)N(C)c2ccc(C)cc2C)c1. The maximum absolute atomic E-state index is 6.03. The third kappa shape index (κ3) is 3.02. The van der Waals surface area contributed by atoms with Crippen molar-refractivity contribution in [3.8, 4) is 0 Å². The van der Waals surface area contributed by atoms with Gasteiger partial charge >= 0.3 is 0 Å². The fourth-order valence-electron chi connectivity index (χ4n) is 2.76. The molecule has 0 radical (unpaired) electrons. The van der Waals surface area contributed by atoms with Gasteiger partial charge in [-0.05, 0) is 38.0 Å². The number of anilines is 1. The van der Waals surface area contributed by atoms with E-state index in [1.165, 1.54) is 27.9 Å². The molecule has 2 aromatic rings. The average Bonchev–Trinajstić information content (AvgIpc) is 2.39. The minimum Gasteiger partial charge on any atom is -0.366 e. The molecule has 2 nitrogen and oxygen atoms in total. The summed E-state index contributed by atoms with van der Waals surface area (Å²) in [7, 11) is 2.12. The second kappa shape index (κ2) is 6.10. The number of likely N-dealkylation sites (N-methyl/N-ethyl adjacent to an activating group) is 1. The van der Waals surface area contributed by atoms with Crippen LogP contribution >= 0.6 is 0 Å². The van der Waals surface area contributed by atoms with Crippen molar-refractivity contribution in [2.45, 2.75) is 26.8 Å². The minimum absolute atomic E-state index is 0.205. The van der Waals surface area contributed by atoms with Crippen LogP contribution in [0.1, 0.15) is 28.3 Å². The van der Waals surface area contributed by atoms with Gasteiger partial charge in [0.1, 0.15) is 0 Å². The molecule has 0 heterocycles. The van der Waals surface area contributed by atoms with E-state index in [4.69, 9.17) is 5.73 Å². The predicted molar refractivity (Wildman–Crippen MR) is 87.3 cm³/mol. The third-order valence-corrected chi connectivity index (χ3v) is 3.85. The van der Waals surface area contributed by atoms with Gasteiger partial charge in [-0.15, -0.1) is 0 Å². The molecular formula is C18H24N2. The first-order valence-electron chi connectivity index (χ1n) is 7.09. The van der Waals surface area contributed by atoms with Crippen LogP contribution in [0.15, 0.2) is 42.5 Å². The summed E-state index contributed by atoms with van der Waals surface area (Å²) >= 11 is 0. The molecule has 1 atom stereocenters. The highest BCUT2D eigenvalue weighted by atomic mass is 15.1. The fourth-order valence-corrected chi connectivity index (χ4v) is 2.76. The predicted octanol–water partition coefficient (Wildman–Crippen LogP) is 3.75. The molecule has 2 heteroatoms. The van der Waals surface area contributed by atoms with Crippen molar-refractivity contribution < 1.29 is 0 Å². The topological polar surface area (TPSA) is 29.3 Å². The Bertz CT molecular complexity index is 590. The van der Waals surface area contributed by atoms with Crippen molar-refractivity contribution in [3.05, 3.63) is 64.7 Å². The molecule has 2 rings (SSSR count). The Morgan fingerprint density at radius 1 is 1.00 bits per heavy atom. The highest BCUT2D eigenvalue weighted by Gasteiger charge is 2.17. The van der Waals surface area contributed by atoms with E-state index in [0.29, 0.717) is 6.54 Å². The lowest BCUT2D eigenvalue weighted by Crippen LogP contribution is -2.31. The molecule has 0 amide bonds. The van der Waals surface area contributed by atoms with Crippen molar-refractivity contribution in [1.29, 1.82) is 0 Å². The van der Waals surface area contributed by atoms with Crippen LogP contribution in [0.3, 0.4) is 0 Å². The van der Waals surface area contributed by atoms with E-state index in [-0.39, 0.29) is 6.04 Å². The maximum Gasteiger partial charge on any atom is 0.0661 e. The molecule has 2 N–H and O–H groups in total. The van der Waals surface area contributed by atoms with E-state index in [0.717, 1.165) is 0 Å². The molecule has 0 aromatic heterocycles. The van der Waals surface area contributed by atoms with Crippen LogP contribution in [0, 0.1) is 20.8 Å². The summed E-state index contributed by atoms with van der Waals surface area (Å²) in [6.07, 6.45) is 0. The van der Waals surface area contributed by atoms with Crippen LogP contribution in [0.4, 0.5) is 5.69 Å². The molecule has 0 spiro atoms. The van der Waals surface area contributed by atoms with Crippen LogP contribution in [0.25, 0.3) is 0 Å². The van der Waals surface area contributed by atoms with Crippen LogP contribution in [0.2, 0.25) is 0 Å². The lowest BCUT2D eigenvalue weighted by molar-refractivity contribution is 0.678. The Morgan fingerprint density at radius 2 is 1.70 bits per heavy atom. The van der Waals surface area contributed by atoms with Gasteiger partial charge in [0.2, 0.25) is 0 Å². The van der Waals surface area contributed by atoms with E-state index >= 15 is 0 Å². The second-order valence-corrected chi connectivity index (χ2v) is 5.57.